The van der Waals surface area contributed by atoms with Gasteiger partial charge in [-0.2, -0.15) is 0 Å². The van der Waals surface area contributed by atoms with E-state index in [2.05, 4.69) is 5.01 Å². The number of hydrogen-bond acceptors (Lipinski definition) is 7. The maximum atomic E-state index is 9.99. The van der Waals surface area contributed by atoms with Crippen LogP contribution in [0.15, 0.2) is 0 Å². The summed E-state index contributed by atoms with van der Waals surface area (Å²) in [6.07, 6.45) is -2.26. The Hall–Kier alpha value is -0.280. The lowest BCUT2D eigenvalue weighted by molar-refractivity contribution is -0.137. The number of likely N-dealkylation sites (N-methyl/N-ethyl adjacent to an activating group) is 1. The summed E-state index contributed by atoms with van der Waals surface area (Å²) >= 11 is 0. The van der Waals surface area contributed by atoms with Crippen molar-refractivity contribution in [2.24, 2.45) is 0 Å². The van der Waals surface area contributed by atoms with Gasteiger partial charge in [-0.05, 0) is 12.8 Å². The van der Waals surface area contributed by atoms with Crippen molar-refractivity contribution >= 4 is 0 Å². The second-order valence-electron chi connectivity index (χ2n) is 5.32. The van der Waals surface area contributed by atoms with Crippen molar-refractivity contribution in [1.82, 2.24) is 10.0 Å². The molecule has 0 saturated carbocycles. The minimum atomic E-state index is -1.56. The van der Waals surface area contributed by atoms with Crippen LogP contribution in [0.25, 0.3) is 0 Å². The molecule has 0 aromatic rings. The van der Waals surface area contributed by atoms with Gasteiger partial charge in [0.25, 0.3) is 0 Å². The molecule has 0 bridgehead atoms. The van der Waals surface area contributed by atoms with E-state index in [0.29, 0.717) is 6.54 Å². The number of aliphatic hydroxyl groups is 5. The largest absolute Gasteiger partial charge is 0.394 e. The summed E-state index contributed by atoms with van der Waals surface area (Å²) in [5.41, 5.74) is 0. The maximum Gasteiger partial charge on any atom is 0.111 e. The molecule has 1 aliphatic heterocycles. The molecule has 120 valence electrons. The Morgan fingerprint density at radius 3 is 2.00 bits per heavy atom. The molecule has 7 heteroatoms. The molecule has 0 unspecified atom stereocenters. The zero-order valence-electron chi connectivity index (χ0n) is 12.1. The SMILES string of the molecule is CCN(C[C@H](O)[C@@H](O)[C@H](O)[C@H](O)CO)N1CCCCC1. The van der Waals surface area contributed by atoms with Crippen molar-refractivity contribution in [3.63, 3.8) is 0 Å². The van der Waals surface area contributed by atoms with Crippen molar-refractivity contribution in [3.05, 3.63) is 0 Å². The van der Waals surface area contributed by atoms with Crippen molar-refractivity contribution in [1.29, 1.82) is 0 Å². The molecule has 4 atom stereocenters. The standard InChI is InChI=1S/C13H28N2O5/c1-2-14(15-6-4-3-5-7-15)8-10(17)12(19)13(20)11(18)9-16/h10-13,16-20H,2-9H2,1H3/t10-,11+,12+,13+/m0/s1. The van der Waals surface area contributed by atoms with Gasteiger partial charge < -0.3 is 25.5 Å². The van der Waals surface area contributed by atoms with Gasteiger partial charge in [-0.15, -0.1) is 0 Å². The molecule has 7 nitrogen and oxygen atoms in total. The summed E-state index contributed by atoms with van der Waals surface area (Å²) in [5.74, 6) is 0. The summed E-state index contributed by atoms with van der Waals surface area (Å²) in [6, 6.07) is 0. The van der Waals surface area contributed by atoms with E-state index in [0.717, 1.165) is 25.9 Å². The monoisotopic (exact) mass is 292 g/mol. The van der Waals surface area contributed by atoms with E-state index >= 15 is 0 Å². The number of nitrogens with zero attached hydrogens (tertiary/aromatic N) is 2. The van der Waals surface area contributed by atoms with Crippen LogP contribution in [0, 0.1) is 0 Å². The highest BCUT2D eigenvalue weighted by Gasteiger charge is 2.31. The van der Waals surface area contributed by atoms with Crippen LogP contribution in [0.4, 0.5) is 0 Å². The van der Waals surface area contributed by atoms with Gasteiger partial charge in [0.1, 0.15) is 18.3 Å². The summed E-state index contributed by atoms with van der Waals surface area (Å²) in [6.45, 7) is 4.05. The molecule has 0 radical (unpaired) electrons. The van der Waals surface area contributed by atoms with E-state index < -0.39 is 31.0 Å². The maximum absolute atomic E-state index is 9.99. The van der Waals surface area contributed by atoms with Gasteiger partial charge in [-0.1, -0.05) is 13.3 Å². The lowest BCUT2D eigenvalue weighted by Gasteiger charge is -2.39. The number of rotatable bonds is 8. The summed E-state index contributed by atoms with van der Waals surface area (Å²) in [5, 5.41) is 51.5. The fourth-order valence-electron chi connectivity index (χ4n) is 2.49. The molecular formula is C13H28N2O5. The van der Waals surface area contributed by atoms with Crippen LogP contribution in [0.2, 0.25) is 0 Å². The third-order valence-corrected chi connectivity index (χ3v) is 3.82. The Balaban J connectivity index is 2.50. The van der Waals surface area contributed by atoms with Crippen molar-refractivity contribution < 1.29 is 25.5 Å². The molecule has 5 N–H and O–H groups in total. The van der Waals surface area contributed by atoms with Gasteiger partial charge in [0.05, 0.1) is 12.7 Å². The lowest BCUT2D eigenvalue weighted by Crippen LogP contribution is -2.54. The molecule has 1 rings (SSSR count). The van der Waals surface area contributed by atoms with Crippen LogP contribution in [0.5, 0.6) is 0 Å². The molecule has 0 aromatic carbocycles. The van der Waals surface area contributed by atoms with Crippen LogP contribution in [-0.2, 0) is 0 Å². The molecule has 20 heavy (non-hydrogen) atoms. The smallest absolute Gasteiger partial charge is 0.111 e. The normalized spacial score (nSPS) is 23.6. The Kier molecular flexibility index (Phi) is 7.90. The fraction of sp³-hybridized carbons (Fsp3) is 1.00. The van der Waals surface area contributed by atoms with E-state index in [-0.39, 0.29) is 6.54 Å². The Bertz CT molecular complexity index is 263. The van der Waals surface area contributed by atoms with E-state index in [9.17, 15) is 20.4 Å². The molecule has 0 aromatic heterocycles. The zero-order valence-corrected chi connectivity index (χ0v) is 12.1. The first-order valence-electron chi connectivity index (χ1n) is 7.34. The van der Waals surface area contributed by atoms with Gasteiger partial charge in [0.2, 0.25) is 0 Å². The van der Waals surface area contributed by atoms with Gasteiger partial charge >= 0.3 is 0 Å². The third-order valence-electron chi connectivity index (χ3n) is 3.82. The van der Waals surface area contributed by atoms with Gasteiger partial charge in [-0.25, -0.2) is 10.0 Å². The number of hydrazine groups is 1. The molecule has 1 fully saturated rings. The minimum Gasteiger partial charge on any atom is -0.394 e. The number of piperidine rings is 1. The highest BCUT2D eigenvalue weighted by atomic mass is 16.4. The summed E-state index contributed by atoms with van der Waals surface area (Å²) < 4.78 is 0. The molecule has 1 saturated heterocycles. The van der Waals surface area contributed by atoms with E-state index in [4.69, 9.17) is 5.11 Å². The molecule has 1 heterocycles. The number of hydrogen-bond donors (Lipinski definition) is 5. The second-order valence-corrected chi connectivity index (χ2v) is 5.32. The Morgan fingerprint density at radius 2 is 1.50 bits per heavy atom. The first-order chi connectivity index (χ1) is 9.51. The highest BCUT2D eigenvalue weighted by molar-refractivity contribution is 4.82. The predicted molar refractivity (Wildman–Crippen MR) is 73.8 cm³/mol. The van der Waals surface area contributed by atoms with E-state index in [1.54, 1.807) is 0 Å². The lowest BCUT2D eigenvalue weighted by atomic mass is 10.0. The molecule has 0 aliphatic carbocycles. The highest BCUT2D eigenvalue weighted by Crippen LogP contribution is 2.13. The van der Waals surface area contributed by atoms with Gasteiger partial charge in [-0.3, -0.25) is 0 Å². The Labute approximate surface area is 120 Å². The Morgan fingerprint density at radius 1 is 0.950 bits per heavy atom. The third kappa shape index (κ3) is 4.92. The van der Waals surface area contributed by atoms with Crippen molar-refractivity contribution in [2.75, 3.05) is 32.8 Å². The van der Waals surface area contributed by atoms with Crippen LogP contribution >= 0.6 is 0 Å². The number of aliphatic hydroxyl groups excluding tert-OH is 5. The van der Waals surface area contributed by atoms with Crippen LogP contribution in [0.1, 0.15) is 26.2 Å². The first kappa shape index (κ1) is 17.8. The molecule has 0 spiro atoms. The minimum absolute atomic E-state index is 0.187. The first-order valence-corrected chi connectivity index (χ1v) is 7.34. The molecule has 1 aliphatic rings. The van der Waals surface area contributed by atoms with Crippen molar-refractivity contribution in [2.45, 2.75) is 50.6 Å². The van der Waals surface area contributed by atoms with Crippen LogP contribution in [-0.4, -0.2) is 92.8 Å². The summed E-state index contributed by atoms with van der Waals surface area (Å²) in [4.78, 5) is 0. The molecule has 0 amide bonds. The quantitative estimate of drug-likeness (QED) is 0.357. The van der Waals surface area contributed by atoms with Crippen LogP contribution < -0.4 is 0 Å². The topological polar surface area (TPSA) is 108 Å². The van der Waals surface area contributed by atoms with Crippen molar-refractivity contribution in [3.8, 4) is 0 Å². The van der Waals surface area contributed by atoms with E-state index in [1.165, 1.54) is 6.42 Å². The molecular weight excluding hydrogens is 264 g/mol. The van der Waals surface area contributed by atoms with E-state index in [1.807, 2.05) is 11.9 Å². The fourth-order valence-corrected chi connectivity index (χ4v) is 2.49. The predicted octanol–water partition coefficient (Wildman–Crippen LogP) is -1.85. The van der Waals surface area contributed by atoms with Gasteiger partial charge in [0.15, 0.2) is 0 Å². The average molecular weight is 292 g/mol. The zero-order chi connectivity index (χ0) is 15.1. The summed E-state index contributed by atoms with van der Waals surface area (Å²) in [7, 11) is 0. The average Bonchev–Trinajstić information content (AvgIpc) is 2.50. The van der Waals surface area contributed by atoms with Gasteiger partial charge in [0, 0.05) is 26.2 Å². The second kappa shape index (κ2) is 8.89. The van der Waals surface area contributed by atoms with Crippen LogP contribution in [0.3, 0.4) is 0 Å².